The standard InChI is InChI=1S/C16H27N3O/c1-2-3-4-5-6-7-8-9-11-19-16(20)15-13-14(17)10-12-18-15/h10,12-13H,2-9,11H2,1H3,(H2,17,18)(H,19,20). The van der Waals surface area contributed by atoms with E-state index in [0.29, 0.717) is 17.9 Å². The number of nitrogens with one attached hydrogen (secondary N) is 1. The molecule has 0 bridgehead atoms. The van der Waals surface area contributed by atoms with Crippen LogP contribution in [0.4, 0.5) is 5.69 Å². The quantitative estimate of drug-likeness (QED) is 0.643. The van der Waals surface area contributed by atoms with Crippen LogP contribution in [0.2, 0.25) is 0 Å². The number of rotatable bonds is 10. The Kier molecular flexibility index (Phi) is 8.43. The van der Waals surface area contributed by atoms with E-state index in [-0.39, 0.29) is 5.91 Å². The van der Waals surface area contributed by atoms with Gasteiger partial charge in [0.1, 0.15) is 5.69 Å². The number of nitrogens with two attached hydrogens (primary N) is 1. The van der Waals surface area contributed by atoms with Gasteiger partial charge in [-0.05, 0) is 18.6 Å². The molecule has 4 nitrogen and oxygen atoms in total. The fourth-order valence-corrected chi connectivity index (χ4v) is 2.12. The molecule has 1 aromatic rings. The summed E-state index contributed by atoms with van der Waals surface area (Å²) < 4.78 is 0. The molecule has 0 spiro atoms. The maximum absolute atomic E-state index is 11.8. The number of anilines is 1. The predicted molar refractivity (Wildman–Crippen MR) is 83.6 cm³/mol. The number of hydrogen-bond acceptors (Lipinski definition) is 3. The van der Waals surface area contributed by atoms with Gasteiger partial charge in [0.25, 0.3) is 5.91 Å². The Hall–Kier alpha value is -1.58. The van der Waals surface area contributed by atoms with Gasteiger partial charge in [0.15, 0.2) is 0 Å². The van der Waals surface area contributed by atoms with Gasteiger partial charge in [-0.1, -0.05) is 51.9 Å². The van der Waals surface area contributed by atoms with Crippen LogP contribution in [0.5, 0.6) is 0 Å². The molecule has 0 aliphatic carbocycles. The Bertz CT molecular complexity index is 393. The largest absolute Gasteiger partial charge is 0.399 e. The Labute approximate surface area is 122 Å². The van der Waals surface area contributed by atoms with Crippen LogP contribution in [0.25, 0.3) is 0 Å². The van der Waals surface area contributed by atoms with Gasteiger partial charge in [0, 0.05) is 18.4 Å². The second-order valence-electron chi connectivity index (χ2n) is 5.21. The summed E-state index contributed by atoms with van der Waals surface area (Å²) in [5, 5.41) is 2.88. The van der Waals surface area contributed by atoms with E-state index in [2.05, 4.69) is 17.2 Å². The number of amides is 1. The number of unbranched alkanes of at least 4 members (excludes halogenated alkanes) is 7. The molecule has 20 heavy (non-hydrogen) atoms. The maximum Gasteiger partial charge on any atom is 0.269 e. The molecule has 1 rings (SSSR count). The van der Waals surface area contributed by atoms with Crippen molar-refractivity contribution in [3.05, 3.63) is 24.0 Å². The maximum atomic E-state index is 11.8. The van der Waals surface area contributed by atoms with E-state index in [0.717, 1.165) is 6.42 Å². The minimum atomic E-state index is -0.139. The monoisotopic (exact) mass is 277 g/mol. The van der Waals surface area contributed by atoms with Crippen molar-refractivity contribution in [3.63, 3.8) is 0 Å². The number of nitrogens with zero attached hydrogens (tertiary/aromatic N) is 1. The summed E-state index contributed by atoms with van der Waals surface area (Å²) in [6.07, 6.45) is 11.7. The number of pyridine rings is 1. The summed E-state index contributed by atoms with van der Waals surface area (Å²) in [5.41, 5.74) is 6.58. The lowest BCUT2D eigenvalue weighted by molar-refractivity contribution is 0.0948. The van der Waals surface area contributed by atoms with Crippen LogP contribution < -0.4 is 11.1 Å². The fourth-order valence-electron chi connectivity index (χ4n) is 2.12. The van der Waals surface area contributed by atoms with Crippen molar-refractivity contribution >= 4 is 11.6 Å². The van der Waals surface area contributed by atoms with Crippen molar-refractivity contribution < 1.29 is 4.79 Å². The van der Waals surface area contributed by atoms with Gasteiger partial charge < -0.3 is 11.1 Å². The molecule has 0 saturated heterocycles. The Morgan fingerprint density at radius 3 is 2.45 bits per heavy atom. The molecule has 0 atom stereocenters. The third-order valence-electron chi connectivity index (χ3n) is 3.33. The zero-order valence-electron chi connectivity index (χ0n) is 12.5. The summed E-state index contributed by atoms with van der Waals surface area (Å²) in [7, 11) is 0. The SMILES string of the molecule is CCCCCCCCCCNC(=O)c1cc(N)ccn1. The molecule has 0 aliphatic heterocycles. The molecule has 4 heteroatoms. The van der Waals surface area contributed by atoms with Crippen LogP contribution in [0, 0.1) is 0 Å². The van der Waals surface area contributed by atoms with E-state index in [1.165, 1.54) is 44.9 Å². The highest BCUT2D eigenvalue weighted by Gasteiger charge is 2.05. The van der Waals surface area contributed by atoms with Gasteiger partial charge in [-0.3, -0.25) is 9.78 Å². The van der Waals surface area contributed by atoms with Crippen LogP contribution in [0.15, 0.2) is 18.3 Å². The number of hydrogen-bond donors (Lipinski definition) is 2. The topological polar surface area (TPSA) is 68.0 Å². The third kappa shape index (κ3) is 7.12. The Morgan fingerprint density at radius 2 is 1.80 bits per heavy atom. The first-order valence-corrected chi connectivity index (χ1v) is 7.73. The number of carbonyl (C=O) groups is 1. The highest BCUT2D eigenvalue weighted by molar-refractivity contribution is 5.92. The van der Waals surface area contributed by atoms with Crippen LogP contribution in [0.1, 0.15) is 68.8 Å². The highest BCUT2D eigenvalue weighted by Crippen LogP contribution is 2.08. The molecule has 0 radical (unpaired) electrons. The van der Waals surface area contributed by atoms with Crippen LogP contribution >= 0.6 is 0 Å². The van der Waals surface area contributed by atoms with Gasteiger partial charge in [-0.25, -0.2) is 0 Å². The Balaban J connectivity index is 2.02. The lowest BCUT2D eigenvalue weighted by Gasteiger charge is -2.05. The molecule has 0 saturated carbocycles. The smallest absolute Gasteiger partial charge is 0.269 e. The van der Waals surface area contributed by atoms with Crippen molar-refractivity contribution in [1.82, 2.24) is 10.3 Å². The zero-order chi connectivity index (χ0) is 14.6. The highest BCUT2D eigenvalue weighted by atomic mass is 16.1. The summed E-state index contributed by atoms with van der Waals surface area (Å²) in [6, 6.07) is 3.28. The first-order chi connectivity index (χ1) is 9.74. The van der Waals surface area contributed by atoms with Gasteiger partial charge in [-0.2, -0.15) is 0 Å². The van der Waals surface area contributed by atoms with E-state index in [1.807, 2.05) is 0 Å². The minimum absolute atomic E-state index is 0.139. The molecule has 0 aromatic carbocycles. The summed E-state index contributed by atoms with van der Waals surface area (Å²) in [5.74, 6) is -0.139. The van der Waals surface area contributed by atoms with E-state index in [1.54, 1.807) is 18.3 Å². The molecule has 0 fully saturated rings. The predicted octanol–water partition coefficient (Wildman–Crippen LogP) is 3.53. The molecule has 1 heterocycles. The van der Waals surface area contributed by atoms with Gasteiger partial charge in [0.05, 0.1) is 0 Å². The molecular weight excluding hydrogens is 250 g/mol. The zero-order valence-corrected chi connectivity index (χ0v) is 12.5. The normalized spacial score (nSPS) is 10.4. The molecule has 0 aliphatic rings. The molecule has 3 N–H and O–H groups in total. The second-order valence-corrected chi connectivity index (χ2v) is 5.21. The first-order valence-electron chi connectivity index (χ1n) is 7.73. The summed E-state index contributed by atoms with van der Waals surface area (Å²) in [6.45, 7) is 2.95. The van der Waals surface area contributed by atoms with Crippen molar-refractivity contribution in [1.29, 1.82) is 0 Å². The van der Waals surface area contributed by atoms with Crippen LogP contribution in [-0.4, -0.2) is 17.4 Å². The molecular formula is C16H27N3O. The average Bonchev–Trinajstić information content (AvgIpc) is 2.45. The van der Waals surface area contributed by atoms with Crippen LogP contribution in [0.3, 0.4) is 0 Å². The van der Waals surface area contributed by atoms with Crippen LogP contribution in [-0.2, 0) is 0 Å². The molecule has 0 unspecified atom stereocenters. The van der Waals surface area contributed by atoms with Crippen molar-refractivity contribution in [2.45, 2.75) is 58.3 Å². The average molecular weight is 277 g/mol. The minimum Gasteiger partial charge on any atom is -0.399 e. The second kappa shape index (κ2) is 10.2. The van der Waals surface area contributed by atoms with E-state index in [4.69, 9.17) is 5.73 Å². The number of carbonyl (C=O) groups excluding carboxylic acids is 1. The first kappa shape index (κ1) is 16.5. The number of aromatic nitrogens is 1. The summed E-state index contributed by atoms with van der Waals surface area (Å²) in [4.78, 5) is 15.8. The van der Waals surface area contributed by atoms with Gasteiger partial charge >= 0.3 is 0 Å². The Morgan fingerprint density at radius 1 is 1.15 bits per heavy atom. The fraction of sp³-hybridized carbons (Fsp3) is 0.625. The van der Waals surface area contributed by atoms with E-state index < -0.39 is 0 Å². The van der Waals surface area contributed by atoms with E-state index >= 15 is 0 Å². The van der Waals surface area contributed by atoms with Crippen molar-refractivity contribution in [2.24, 2.45) is 0 Å². The van der Waals surface area contributed by atoms with Gasteiger partial charge in [0.2, 0.25) is 0 Å². The lowest BCUT2D eigenvalue weighted by atomic mass is 10.1. The van der Waals surface area contributed by atoms with Gasteiger partial charge in [-0.15, -0.1) is 0 Å². The van der Waals surface area contributed by atoms with Crippen molar-refractivity contribution in [3.8, 4) is 0 Å². The number of nitrogen functional groups attached to an aromatic ring is 1. The third-order valence-corrected chi connectivity index (χ3v) is 3.33. The van der Waals surface area contributed by atoms with Crippen molar-refractivity contribution in [2.75, 3.05) is 12.3 Å². The molecule has 1 amide bonds. The molecule has 1 aromatic heterocycles. The lowest BCUT2D eigenvalue weighted by Crippen LogP contribution is -2.25. The van der Waals surface area contributed by atoms with E-state index in [9.17, 15) is 4.79 Å². The molecule has 112 valence electrons. The summed E-state index contributed by atoms with van der Waals surface area (Å²) >= 11 is 0.